The lowest BCUT2D eigenvalue weighted by molar-refractivity contribution is -0.0200. The Balaban J connectivity index is 3.24. The quantitative estimate of drug-likeness (QED) is 0.0662. The highest BCUT2D eigenvalue weighted by Crippen LogP contribution is 2.15. The van der Waals surface area contributed by atoms with Crippen LogP contribution in [0.25, 0.3) is 0 Å². The Kier molecular flexibility index (Phi) is 38.9. The van der Waals surface area contributed by atoms with Gasteiger partial charge in [-0.05, 0) is 19.3 Å². The third-order valence-electron chi connectivity index (χ3n) is 9.25. The van der Waals surface area contributed by atoms with Gasteiger partial charge in [0.2, 0.25) is 0 Å². The van der Waals surface area contributed by atoms with E-state index in [9.17, 15) is 0 Å². The molecule has 0 aromatic heterocycles. The van der Waals surface area contributed by atoms with Gasteiger partial charge in [0.25, 0.3) is 0 Å². The van der Waals surface area contributed by atoms with Crippen LogP contribution in [0.3, 0.4) is 0 Å². The standard InChI is InChI=1S/C40H82O2/c1-4-7-9-11-13-15-17-19-21-23-25-27-29-31-33-35-37-41-39-40(6-3)42-38-36-34-32-30-28-26-24-22-20-18-16-14-12-10-8-5-2/h40H,4-39H2,1-3H3. The summed E-state index contributed by atoms with van der Waals surface area (Å²) in [5, 5.41) is 0. The SMILES string of the molecule is CCCCCCCCCCCCCCCCCCOCC(CC)OCCCCCCCCCCCCCCCCCC. The smallest absolute Gasteiger partial charge is 0.0805 e. The minimum absolute atomic E-state index is 0.294. The van der Waals surface area contributed by atoms with Crippen LogP contribution >= 0.6 is 0 Å². The van der Waals surface area contributed by atoms with Crippen molar-refractivity contribution in [2.45, 2.75) is 239 Å². The van der Waals surface area contributed by atoms with Crippen LogP contribution in [-0.2, 0) is 9.47 Å². The molecule has 0 rings (SSSR count). The van der Waals surface area contributed by atoms with Crippen LogP contribution in [0.2, 0.25) is 0 Å². The zero-order valence-corrected chi connectivity index (χ0v) is 29.8. The van der Waals surface area contributed by atoms with E-state index in [1.165, 1.54) is 205 Å². The molecular weight excluding hydrogens is 512 g/mol. The first kappa shape index (κ1) is 41.9. The monoisotopic (exact) mass is 595 g/mol. The molecule has 0 bridgehead atoms. The van der Waals surface area contributed by atoms with Crippen LogP contribution in [0.1, 0.15) is 233 Å². The summed E-state index contributed by atoms with van der Waals surface area (Å²) in [5.41, 5.74) is 0. The first-order valence-corrected chi connectivity index (χ1v) is 20.0. The van der Waals surface area contributed by atoms with Crippen molar-refractivity contribution in [3.05, 3.63) is 0 Å². The molecule has 0 saturated heterocycles. The maximum absolute atomic E-state index is 6.12. The summed E-state index contributed by atoms with van der Waals surface area (Å²) >= 11 is 0. The largest absolute Gasteiger partial charge is 0.379 e. The fraction of sp³-hybridized carbons (Fsp3) is 1.00. The Morgan fingerprint density at radius 2 is 0.571 bits per heavy atom. The Bertz CT molecular complexity index is 451. The molecule has 2 heteroatoms. The van der Waals surface area contributed by atoms with Crippen molar-refractivity contribution in [3.8, 4) is 0 Å². The van der Waals surface area contributed by atoms with Crippen LogP contribution < -0.4 is 0 Å². The molecule has 254 valence electrons. The molecule has 0 heterocycles. The van der Waals surface area contributed by atoms with Crippen molar-refractivity contribution in [2.24, 2.45) is 0 Å². The average molecular weight is 595 g/mol. The van der Waals surface area contributed by atoms with Gasteiger partial charge in [-0.3, -0.25) is 0 Å². The first-order valence-electron chi connectivity index (χ1n) is 20.0. The molecule has 0 fully saturated rings. The molecule has 0 saturated carbocycles. The normalized spacial score (nSPS) is 12.4. The number of hydrogen-bond donors (Lipinski definition) is 0. The molecule has 1 unspecified atom stereocenters. The van der Waals surface area contributed by atoms with Gasteiger partial charge in [-0.2, -0.15) is 0 Å². The average Bonchev–Trinajstić information content (AvgIpc) is 3.00. The van der Waals surface area contributed by atoms with Crippen molar-refractivity contribution in [3.63, 3.8) is 0 Å². The second-order valence-corrected chi connectivity index (χ2v) is 13.6. The Labute approximate surface area is 267 Å². The molecule has 2 nitrogen and oxygen atoms in total. The molecular formula is C40H82O2. The zero-order chi connectivity index (χ0) is 30.4. The number of hydrogen-bond acceptors (Lipinski definition) is 2. The molecule has 0 aliphatic carbocycles. The molecule has 0 amide bonds. The van der Waals surface area contributed by atoms with Crippen LogP contribution in [0.15, 0.2) is 0 Å². The van der Waals surface area contributed by atoms with Crippen molar-refractivity contribution in [1.82, 2.24) is 0 Å². The van der Waals surface area contributed by atoms with Crippen molar-refractivity contribution in [2.75, 3.05) is 19.8 Å². The van der Waals surface area contributed by atoms with E-state index in [2.05, 4.69) is 20.8 Å². The Morgan fingerprint density at radius 1 is 0.310 bits per heavy atom. The van der Waals surface area contributed by atoms with Gasteiger partial charge in [0, 0.05) is 13.2 Å². The summed E-state index contributed by atoms with van der Waals surface area (Å²) in [5.74, 6) is 0. The fourth-order valence-corrected chi connectivity index (χ4v) is 6.15. The molecule has 0 aromatic carbocycles. The highest BCUT2D eigenvalue weighted by atomic mass is 16.5. The molecule has 0 aliphatic rings. The summed E-state index contributed by atoms with van der Waals surface area (Å²) < 4.78 is 12.1. The zero-order valence-electron chi connectivity index (χ0n) is 29.8. The third-order valence-corrected chi connectivity index (χ3v) is 9.25. The van der Waals surface area contributed by atoms with Gasteiger partial charge in [0.15, 0.2) is 0 Å². The predicted octanol–water partition coefficient (Wildman–Crippen LogP) is 14.3. The Hall–Kier alpha value is -0.0800. The predicted molar refractivity (Wildman–Crippen MR) is 190 cm³/mol. The van der Waals surface area contributed by atoms with E-state index in [0.717, 1.165) is 26.2 Å². The summed E-state index contributed by atoms with van der Waals surface area (Å²) in [7, 11) is 0. The molecule has 42 heavy (non-hydrogen) atoms. The van der Waals surface area contributed by atoms with Crippen molar-refractivity contribution < 1.29 is 9.47 Å². The molecule has 0 aromatic rings. The summed E-state index contributed by atoms with van der Waals surface area (Å²) in [6, 6.07) is 0. The fourth-order valence-electron chi connectivity index (χ4n) is 6.15. The van der Waals surface area contributed by atoms with Crippen molar-refractivity contribution >= 4 is 0 Å². The van der Waals surface area contributed by atoms with E-state index in [1.54, 1.807) is 0 Å². The van der Waals surface area contributed by atoms with Gasteiger partial charge in [-0.15, -0.1) is 0 Å². The van der Waals surface area contributed by atoms with Gasteiger partial charge < -0.3 is 9.47 Å². The highest BCUT2D eigenvalue weighted by Gasteiger charge is 2.06. The topological polar surface area (TPSA) is 18.5 Å². The summed E-state index contributed by atoms with van der Waals surface area (Å²) in [4.78, 5) is 0. The first-order chi connectivity index (χ1) is 20.8. The van der Waals surface area contributed by atoms with E-state index in [4.69, 9.17) is 9.47 Å². The van der Waals surface area contributed by atoms with Gasteiger partial charge in [-0.1, -0.05) is 213 Å². The lowest BCUT2D eigenvalue weighted by Crippen LogP contribution is -2.20. The van der Waals surface area contributed by atoms with Gasteiger partial charge in [0.1, 0.15) is 0 Å². The number of unbranched alkanes of at least 4 members (excludes halogenated alkanes) is 30. The maximum atomic E-state index is 6.12. The third kappa shape index (κ3) is 36.1. The molecule has 0 N–H and O–H groups in total. The summed E-state index contributed by atoms with van der Waals surface area (Å²) in [6.07, 6.45) is 46.8. The summed E-state index contributed by atoms with van der Waals surface area (Å²) in [6.45, 7) is 9.45. The van der Waals surface area contributed by atoms with Gasteiger partial charge in [0.05, 0.1) is 12.7 Å². The van der Waals surface area contributed by atoms with E-state index >= 15 is 0 Å². The van der Waals surface area contributed by atoms with E-state index in [-0.39, 0.29) is 0 Å². The molecule has 0 radical (unpaired) electrons. The van der Waals surface area contributed by atoms with Crippen LogP contribution in [0.4, 0.5) is 0 Å². The number of ether oxygens (including phenoxy) is 2. The second-order valence-electron chi connectivity index (χ2n) is 13.6. The number of rotatable bonds is 38. The van der Waals surface area contributed by atoms with Gasteiger partial charge in [-0.25, -0.2) is 0 Å². The van der Waals surface area contributed by atoms with Crippen LogP contribution in [0.5, 0.6) is 0 Å². The lowest BCUT2D eigenvalue weighted by atomic mass is 10.0. The van der Waals surface area contributed by atoms with Crippen molar-refractivity contribution in [1.29, 1.82) is 0 Å². The van der Waals surface area contributed by atoms with E-state index in [0.29, 0.717) is 6.10 Å². The molecule has 1 atom stereocenters. The van der Waals surface area contributed by atoms with Crippen LogP contribution in [-0.4, -0.2) is 25.9 Å². The van der Waals surface area contributed by atoms with E-state index in [1.807, 2.05) is 0 Å². The molecule has 0 spiro atoms. The maximum Gasteiger partial charge on any atom is 0.0805 e. The minimum atomic E-state index is 0.294. The second kappa shape index (κ2) is 38.9. The Morgan fingerprint density at radius 3 is 0.857 bits per heavy atom. The van der Waals surface area contributed by atoms with Crippen LogP contribution in [0, 0.1) is 0 Å². The highest BCUT2D eigenvalue weighted by molar-refractivity contribution is 4.56. The van der Waals surface area contributed by atoms with Gasteiger partial charge >= 0.3 is 0 Å². The molecule has 0 aliphatic heterocycles. The minimum Gasteiger partial charge on any atom is -0.379 e. The lowest BCUT2D eigenvalue weighted by Gasteiger charge is -2.16. The van der Waals surface area contributed by atoms with E-state index < -0.39 is 0 Å².